The molecule has 1 aliphatic rings. The van der Waals surface area contributed by atoms with E-state index >= 15 is 0 Å². The summed E-state index contributed by atoms with van der Waals surface area (Å²) in [6.07, 6.45) is 3.23. The second kappa shape index (κ2) is 9.04. The molecule has 0 bridgehead atoms. The second-order valence-electron chi connectivity index (χ2n) is 7.44. The van der Waals surface area contributed by atoms with Gasteiger partial charge >= 0.3 is 0 Å². The summed E-state index contributed by atoms with van der Waals surface area (Å²) in [5.74, 6) is 0.529. The number of aliphatic hydroxyl groups excluding tert-OH is 1. The summed E-state index contributed by atoms with van der Waals surface area (Å²) >= 11 is 0. The van der Waals surface area contributed by atoms with Crippen LogP contribution >= 0.6 is 0 Å². The number of hydrogen-bond acceptors (Lipinski definition) is 5. The summed E-state index contributed by atoms with van der Waals surface area (Å²) in [5.41, 5.74) is 1.65. The number of nitrogens with zero attached hydrogens (tertiary/aromatic N) is 4. The fraction of sp³-hybridized carbons (Fsp3) is 0.318. The van der Waals surface area contributed by atoms with Crippen molar-refractivity contribution in [3.63, 3.8) is 0 Å². The van der Waals surface area contributed by atoms with Gasteiger partial charge in [0.05, 0.1) is 6.54 Å². The van der Waals surface area contributed by atoms with E-state index in [4.69, 9.17) is 4.74 Å². The van der Waals surface area contributed by atoms with Gasteiger partial charge in [0.25, 0.3) is 5.91 Å². The molecular weight excluding hydrogens is 387 g/mol. The van der Waals surface area contributed by atoms with Crippen LogP contribution in [0.2, 0.25) is 0 Å². The Kier molecular flexibility index (Phi) is 6.04. The van der Waals surface area contributed by atoms with Crippen molar-refractivity contribution in [2.75, 3.05) is 19.7 Å². The van der Waals surface area contributed by atoms with E-state index < -0.39 is 6.10 Å². The van der Waals surface area contributed by atoms with Gasteiger partial charge < -0.3 is 19.3 Å². The first kappa shape index (κ1) is 20.0. The summed E-state index contributed by atoms with van der Waals surface area (Å²) in [5, 5.41) is 17.4. The van der Waals surface area contributed by atoms with Crippen molar-refractivity contribution < 1.29 is 19.0 Å². The molecule has 2 atom stereocenters. The van der Waals surface area contributed by atoms with Gasteiger partial charge in [-0.2, -0.15) is 0 Å². The molecule has 0 aliphatic carbocycles. The standard InChI is InChI=1S/C22H23FN4O3/c23-19-5-1-16(2-6-19)18-9-10-27(11-18)22(29)17-3-7-21(8-4-17)30-13-20(28)12-26-14-24-25-15-26/h1-8,14-15,18,20,28H,9-13H2/t18-,20+/m0/s1. The van der Waals surface area contributed by atoms with Crippen molar-refractivity contribution in [2.45, 2.75) is 25.0 Å². The molecule has 1 amide bonds. The van der Waals surface area contributed by atoms with Crippen LogP contribution in [-0.4, -0.2) is 56.5 Å². The maximum absolute atomic E-state index is 13.1. The predicted molar refractivity (Wildman–Crippen MR) is 108 cm³/mol. The molecule has 8 heteroatoms. The van der Waals surface area contributed by atoms with E-state index in [0.29, 0.717) is 30.9 Å². The number of ether oxygens (including phenoxy) is 1. The van der Waals surface area contributed by atoms with Gasteiger partial charge in [0.15, 0.2) is 0 Å². The molecule has 1 fully saturated rings. The van der Waals surface area contributed by atoms with Gasteiger partial charge in [-0.3, -0.25) is 4.79 Å². The first-order valence-electron chi connectivity index (χ1n) is 9.86. The Bertz CT molecular complexity index is 961. The summed E-state index contributed by atoms with van der Waals surface area (Å²) in [4.78, 5) is 14.6. The number of carbonyl (C=O) groups is 1. The van der Waals surface area contributed by atoms with Gasteiger partial charge in [0, 0.05) is 24.6 Å². The Morgan fingerprint density at radius 2 is 1.83 bits per heavy atom. The monoisotopic (exact) mass is 410 g/mol. The summed E-state index contributed by atoms with van der Waals surface area (Å²) < 4.78 is 20.4. The van der Waals surface area contributed by atoms with Crippen LogP contribution in [-0.2, 0) is 6.54 Å². The number of benzene rings is 2. The molecule has 30 heavy (non-hydrogen) atoms. The van der Waals surface area contributed by atoms with E-state index in [1.54, 1.807) is 41.0 Å². The number of carbonyl (C=O) groups excluding carboxylic acids is 1. The normalized spacial score (nSPS) is 17.1. The second-order valence-corrected chi connectivity index (χ2v) is 7.44. The van der Waals surface area contributed by atoms with Crippen LogP contribution in [0.25, 0.3) is 0 Å². The number of rotatable bonds is 7. The molecule has 7 nitrogen and oxygen atoms in total. The third kappa shape index (κ3) is 4.83. The molecule has 0 radical (unpaired) electrons. The largest absolute Gasteiger partial charge is 0.491 e. The number of hydrogen-bond donors (Lipinski definition) is 1. The Hall–Kier alpha value is -3.26. The Labute approximate surface area is 173 Å². The fourth-order valence-electron chi connectivity index (χ4n) is 3.63. The lowest BCUT2D eigenvalue weighted by Crippen LogP contribution is -2.28. The minimum atomic E-state index is -0.699. The van der Waals surface area contributed by atoms with Crippen molar-refractivity contribution in [2.24, 2.45) is 0 Å². The molecule has 4 rings (SSSR count). The molecule has 1 N–H and O–H groups in total. The maximum Gasteiger partial charge on any atom is 0.253 e. The smallest absolute Gasteiger partial charge is 0.253 e. The number of halogens is 1. The molecule has 0 unspecified atom stereocenters. The molecule has 2 heterocycles. The minimum absolute atomic E-state index is 0.0289. The van der Waals surface area contributed by atoms with Crippen LogP contribution in [0.15, 0.2) is 61.2 Å². The quantitative estimate of drug-likeness (QED) is 0.647. The molecular formula is C22H23FN4O3. The zero-order chi connectivity index (χ0) is 20.9. The number of likely N-dealkylation sites (tertiary alicyclic amines) is 1. The van der Waals surface area contributed by atoms with Gasteiger partial charge in [0.2, 0.25) is 0 Å². The minimum Gasteiger partial charge on any atom is -0.491 e. The molecule has 1 saturated heterocycles. The van der Waals surface area contributed by atoms with Gasteiger partial charge in [0.1, 0.15) is 36.9 Å². The van der Waals surface area contributed by atoms with E-state index in [0.717, 1.165) is 12.0 Å². The zero-order valence-electron chi connectivity index (χ0n) is 16.4. The summed E-state index contributed by atoms with van der Waals surface area (Å²) in [6.45, 7) is 1.76. The van der Waals surface area contributed by atoms with Crippen molar-refractivity contribution >= 4 is 5.91 Å². The molecule has 3 aromatic rings. The first-order chi connectivity index (χ1) is 14.6. The van der Waals surface area contributed by atoms with E-state index in [1.807, 2.05) is 4.90 Å². The van der Waals surface area contributed by atoms with Gasteiger partial charge in [-0.1, -0.05) is 12.1 Å². The predicted octanol–water partition coefficient (Wildman–Crippen LogP) is 2.49. The topological polar surface area (TPSA) is 80.5 Å². The highest BCUT2D eigenvalue weighted by atomic mass is 19.1. The number of aliphatic hydroxyl groups is 1. The van der Waals surface area contributed by atoms with Crippen molar-refractivity contribution in [1.82, 2.24) is 19.7 Å². The molecule has 0 spiro atoms. The van der Waals surface area contributed by atoms with Crippen molar-refractivity contribution in [1.29, 1.82) is 0 Å². The lowest BCUT2D eigenvalue weighted by molar-refractivity contribution is 0.0790. The molecule has 1 aliphatic heterocycles. The Morgan fingerprint density at radius 1 is 1.13 bits per heavy atom. The van der Waals surface area contributed by atoms with E-state index in [2.05, 4.69) is 10.2 Å². The van der Waals surface area contributed by atoms with Gasteiger partial charge in [-0.15, -0.1) is 10.2 Å². The molecule has 1 aromatic heterocycles. The number of aromatic nitrogens is 3. The van der Waals surface area contributed by atoms with Crippen LogP contribution in [0.1, 0.15) is 28.3 Å². The van der Waals surface area contributed by atoms with E-state index in [-0.39, 0.29) is 24.2 Å². The van der Waals surface area contributed by atoms with E-state index in [9.17, 15) is 14.3 Å². The third-order valence-corrected chi connectivity index (χ3v) is 5.25. The summed E-state index contributed by atoms with van der Waals surface area (Å²) in [6, 6.07) is 13.4. The Balaban J connectivity index is 1.29. The molecule has 156 valence electrons. The molecule has 0 saturated carbocycles. The first-order valence-corrected chi connectivity index (χ1v) is 9.86. The van der Waals surface area contributed by atoms with Gasteiger partial charge in [-0.25, -0.2) is 4.39 Å². The highest BCUT2D eigenvalue weighted by Gasteiger charge is 2.28. The average Bonchev–Trinajstić information content (AvgIpc) is 3.45. The van der Waals surface area contributed by atoms with Crippen LogP contribution in [0.4, 0.5) is 4.39 Å². The zero-order valence-corrected chi connectivity index (χ0v) is 16.4. The van der Waals surface area contributed by atoms with E-state index in [1.165, 1.54) is 24.8 Å². The van der Waals surface area contributed by atoms with Crippen LogP contribution in [0.5, 0.6) is 5.75 Å². The summed E-state index contributed by atoms with van der Waals surface area (Å²) in [7, 11) is 0. The van der Waals surface area contributed by atoms with Crippen molar-refractivity contribution in [3.05, 3.63) is 78.1 Å². The highest BCUT2D eigenvalue weighted by Crippen LogP contribution is 2.28. The SMILES string of the molecule is O=C(c1ccc(OC[C@H](O)Cn2cnnc2)cc1)N1CC[C@H](c2ccc(F)cc2)C1. The lowest BCUT2D eigenvalue weighted by Gasteiger charge is -2.17. The van der Waals surface area contributed by atoms with Crippen LogP contribution in [0.3, 0.4) is 0 Å². The van der Waals surface area contributed by atoms with Gasteiger partial charge in [-0.05, 0) is 48.4 Å². The highest BCUT2D eigenvalue weighted by molar-refractivity contribution is 5.94. The fourth-order valence-corrected chi connectivity index (χ4v) is 3.63. The van der Waals surface area contributed by atoms with Crippen molar-refractivity contribution in [3.8, 4) is 5.75 Å². The Morgan fingerprint density at radius 3 is 2.53 bits per heavy atom. The third-order valence-electron chi connectivity index (χ3n) is 5.25. The van der Waals surface area contributed by atoms with Crippen LogP contribution < -0.4 is 4.74 Å². The lowest BCUT2D eigenvalue weighted by atomic mass is 9.99. The maximum atomic E-state index is 13.1. The van der Waals surface area contributed by atoms with Crippen LogP contribution in [0, 0.1) is 5.82 Å². The molecule has 2 aromatic carbocycles. The number of amides is 1. The average molecular weight is 410 g/mol.